The van der Waals surface area contributed by atoms with Gasteiger partial charge in [-0.1, -0.05) is 54.1 Å². The van der Waals surface area contributed by atoms with Gasteiger partial charge in [0, 0.05) is 16.7 Å². The molecule has 1 N–H and O–H groups in total. The highest BCUT2D eigenvalue weighted by atomic mass is 32.1. The number of nitrogens with one attached hydrogen (secondary N) is 1. The summed E-state index contributed by atoms with van der Waals surface area (Å²) in [7, 11) is 0. The molecule has 0 aliphatic heterocycles. The maximum Gasteiger partial charge on any atom is 0.216 e. The zero-order valence-corrected chi connectivity index (χ0v) is 13.6. The molecule has 120 valence electrons. The maximum atomic E-state index is 11.2. The molecular formula is C17H13N4O2S-. The van der Waals surface area contributed by atoms with E-state index in [1.807, 2.05) is 31.2 Å². The van der Waals surface area contributed by atoms with Crippen LogP contribution in [0.15, 0.2) is 53.6 Å². The van der Waals surface area contributed by atoms with Gasteiger partial charge >= 0.3 is 0 Å². The Balaban J connectivity index is 2.03. The molecule has 0 saturated heterocycles. The number of carbonyl (C=O) groups is 1. The molecule has 0 bridgehead atoms. The second-order valence-electron chi connectivity index (χ2n) is 5.15. The molecule has 2 aromatic carbocycles. The Morgan fingerprint density at radius 3 is 2.67 bits per heavy atom. The summed E-state index contributed by atoms with van der Waals surface area (Å²) in [5, 5.41) is 22.3. The summed E-state index contributed by atoms with van der Waals surface area (Å²) in [5.74, 6) is -0.714. The van der Waals surface area contributed by atoms with Crippen molar-refractivity contribution >= 4 is 24.4 Å². The number of aryl methyl sites for hydroxylation is 1. The standard InChI is InChI=1S/C17H14N4O2S/c1-11-6-8-12(9-7-11)15-19-20-17(24)21(15)18-10-13-4-2-3-5-14(13)16(22)23/h2-10H,1H3,(H,20,24)(H,22,23)/p-1. The van der Waals surface area contributed by atoms with Crippen LogP contribution >= 0.6 is 12.2 Å². The summed E-state index contributed by atoms with van der Waals surface area (Å²) in [6.07, 6.45) is 1.42. The molecular weight excluding hydrogens is 324 g/mol. The summed E-state index contributed by atoms with van der Waals surface area (Å²) in [5.41, 5.74) is 2.47. The van der Waals surface area contributed by atoms with Gasteiger partial charge in [-0.25, -0.2) is 5.10 Å². The third-order valence-corrected chi connectivity index (χ3v) is 3.72. The molecule has 0 saturated carbocycles. The van der Waals surface area contributed by atoms with Crippen LogP contribution in [0.1, 0.15) is 21.5 Å². The van der Waals surface area contributed by atoms with E-state index in [2.05, 4.69) is 15.3 Å². The summed E-state index contributed by atoms with van der Waals surface area (Å²) < 4.78 is 1.76. The van der Waals surface area contributed by atoms with Gasteiger partial charge in [0.15, 0.2) is 5.82 Å². The largest absolute Gasteiger partial charge is 0.545 e. The van der Waals surface area contributed by atoms with Crippen LogP contribution in [0.4, 0.5) is 0 Å². The van der Waals surface area contributed by atoms with Crippen molar-refractivity contribution in [3.05, 3.63) is 70.0 Å². The van der Waals surface area contributed by atoms with Gasteiger partial charge in [-0.2, -0.15) is 14.9 Å². The Kier molecular flexibility index (Phi) is 4.35. The van der Waals surface area contributed by atoms with E-state index in [9.17, 15) is 9.90 Å². The number of hydrogen-bond acceptors (Lipinski definition) is 5. The smallest absolute Gasteiger partial charge is 0.216 e. The zero-order chi connectivity index (χ0) is 17.1. The van der Waals surface area contributed by atoms with Crippen LogP contribution in [0, 0.1) is 11.7 Å². The topological polar surface area (TPSA) is 86.1 Å². The SMILES string of the molecule is Cc1ccc(-c2n[nH]c(=S)n2N=Cc2ccccc2C(=O)[O-])cc1. The molecule has 6 nitrogen and oxygen atoms in total. The predicted molar refractivity (Wildman–Crippen MR) is 91.3 cm³/mol. The lowest BCUT2D eigenvalue weighted by atomic mass is 10.1. The minimum atomic E-state index is -1.26. The number of hydrogen-bond donors (Lipinski definition) is 1. The van der Waals surface area contributed by atoms with Crippen LogP contribution in [0.3, 0.4) is 0 Å². The summed E-state index contributed by atoms with van der Waals surface area (Å²) >= 11 is 5.20. The number of H-pyrrole nitrogens is 1. The van der Waals surface area contributed by atoms with Gasteiger partial charge in [0.2, 0.25) is 4.77 Å². The predicted octanol–water partition coefficient (Wildman–Crippen LogP) is 2.16. The van der Waals surface area contributed by atoms with Crippen molar-refractivity contribution in [3.8, 4) is 11.4 Å². The van der Waals surface area contributed by atoms with E-state index in [4.69, 9.17) is 12.2 Å². The molecule has 0 fully saturated rings. The van der Waals surface area contributed by atoms with E-state index >= 15 is 0 Å². The van der Waals surface area contributed by atoms with Crippen LogP contribution in [-0.2, 0) is 0 Å². The molecule has 0 aliphatic rings. The van der Waals surface area contributed by atoms with Crippen LogP contribution in [0.5, 0.6) is 0 Å². The van der Waals surface area contributed by atoms with Gasteiger partial charge in [0.05, 0.1) is 12.2 Å². The van der Waals surface area contributed by atoms with Gasteiger partial charge in [0.25, 0.3) is 0 Å². The normalized spacial score (nSPS) is 11.0. The zero-order valence-electron chi connectivity index (χ0n) is 12.8. The second kappa shape index (κ2) is 6.59. The first kappa shape index (κ1) is 15.8. The summed E-state index contributed by atoms with van der Waals surface area (Å²) in [4.78, 5) is 11.2. The van der Waals surface area contributed by atoms with Crippen LogP contribution in [-0.4, -0.2) is 27.1 Å². The number of rotatable bonds is 4. The Labute approximate surface area is 143 Å². The van der Waals surface area contributed by atoms with Gasteiger partial charge in [-0.3, -0.25) is 0 Å². The monoisotopic (exact) mass is 337 g/mol. The fourth-order valence-electron chi connectivity index (χ4n) is 2.20. The lowest BCUT2D eigenvalue weighted by molar-refractivity contribution is -0.255. The Morgan fingerprint density at radius 2 is 1.96 bits per heavy atom. The molecule has 0 radical (unpaired) electrons. The Hall–Kier alpha value is -3.06. The number of aromatic nitrogens is 3. The lowest BCUT2D eigenvalue weighted by Gasteiger charge is -2.06. The first-order valence-electron chi connectivity index (χ1n) is 7.15. The number of aromatic carboxylic acids is 1. The van der Waals surface area contributed by atoms with Crippen LogP contribution < -0.4 is 5.11 Å². The molecule has 0 aliphatic carbocycles. The van der Waals surface area contributed by atoms with Gasteiger partial charge in [0.1, 0.15) is 0 Å². The van der Waals surface area contributed by atoms with E-state index in [1.54, 1.807) is 18.2 Å². The third-order valence-electron chi connectivity index (χ3n) is 3.45. The molecule has 0 spiro atoms. The number of nitrogens with zero attached hydrogens (tertiary/aromatic N) is 3. The van der Waals surface area contributed by atoms with Crippen molar-refractivity contribution in [2.45, 2.75) is 6.92 Å². The molecule has 3 aromatic rings. The Morgan fingerprint density at radius 1 is 1.25 bits per heavy atom. The van der Waals surface area contributed by atoms with E-state index < -0.39 is 5.97 Å². The van der Waals surface area contributed by atoms with Crippen LogP contribution in [0.25, 0.3) is 11.4 Å². The third kappa shape index (κ3) is 3.16. The molecule has 1 heterocycles. The van der Waals surface area contributed by atoms with Crippen molar-refractivity contribution in [1.29, 1.82) is 0 Å². The van der Waals surface area contributed by atoms with E-state index in [1.165, 1.54) is 17.0 Å². The fraction of sp³-hybridized carbons (Fsp3) is 0.0588. The number of benzene rings is 2. The Bertz CT molecular complexity index is 971. The molecule has 1 aromatic heterocycles. The summed E-state index contributed by atoms with van der Waals surface area (Å²) in [6.45, 7) is 2.00. The minimum absolute atomic E-state index is 0.0631. The van der Waals surface area contributed by atoms with E-state index in [0.717, 1.165) is 11.1 Å². The van der Waals surface area contributed by atoms with Gasteiger partial charge in [-0.05, 0) is 19.1 Å². The fourth-order valence-corrected chi connectivity index (χ4v) is 2.38. The first-order valence-corrected chi connectivity index (χ1v) is 7.56. The number of carboxylic acids is 1. The van der Waals surface area contributed by atoms with Crippen molar-refractivity contribution in [2.75, 3.05) is 0 Å². The summed E-state index contributed by atoms with van der Waals surface area (Å²) in [6, 6.07) is 14.2. The molecule has 3 rings (SSSR count). The molecule has 0 unspecified atom stereocenters. The van der Waals surface area contributed by atoms with E-state index in [0.29, 0.717) is 16.2 Å². The lowest BCUT2D eigenvalue weighted by Crippen LogP contribution is -2.23. The average molecular weight is 337 g/mol. The van der Waals surface area contributed by atoms with E-state index in [-0.39, 0.29) is 5.56 Å². The van der Waals surface area contributed by atoms with Gasteiger partial charge < -0.3 is 9.90 Å². The second-order valence-corrected chi connectivity index (χ2v) is 5.54. The number of carboxylic acid groups (broad SMARTS) is 1. The van der Waals surface area contributed by atoms with Crippen molar-refractivity contribution < 1.29 is 9.90 Å². The van der Waals surface area contributed by atoms with Crippen molar-refractivity contribution in [3.63, 3.8) is 0 Å². The first-order chi connectivity index (χ1) is 11.6. The van der Waals surface area contributed by atoms with Crippen LogP contribution in [0.2, 0.25) is 0 Å². The quantitative estimate of drug-likeness (QED) is 0.584. The molecule has 0 amide bonds. The minimum Gasteiger partial charge on any atom is -0.545 e. The molecule has 7 heteroatoms. The number of carbonyl (C=O) groups excluding carboxylic acids is 1. The van der Waals surface area contributed by atoms with Crippen molar-refractivity contribution in [1.82, 2.24) is 14.9 Å². The number of aromatic amines is 1. The maximum absolute atomic E-state index is 11.2. The highest BCUT2D eigenvalue weighted by Gasteiger charge is 2.08. The highest BCUT2D eigenvalue weighted by Crippen LogP contribution is 2.18. The molecule has 24 heavy (non-hydrogen) atoms. The van der Waals surface area contributed by atoms with Gasteiger partial charge in [-0.15, -0.1) is 0 Å². The molecule has 0 atom stereocenters. The average Bonchev–Trinajstić information content (AvgIpc) is 2.94. The van der Waals surface area contributed by atoms with Crippen molar-refractivity contribution in [2.24, 2.45) is 5.10 Å². The highest BCUT2D eigenvalue weighted by molar-refractivity contribution is 7.71.